The highest BCUT2D eigenvalue weighted by molar-refractivity contribution is 7.22. The van der Waals surface area contributed by atoms with Crippen LogP contribution in [-0.4, -0.2) is 18.6 Å². The molecule has 7 aromatic rings. The third kappa shape index (κ3) is 4.44. The van der Waals surface area contributed by atoms with E-state index in [1.165, 1.54) is 36.0 Å². The largest absolute Gasteiger partial charge is 0.447 e. The van der Waals surface area contributed by atoms with Gasteiger partial charge in [-0.2, -0.15) is 0 Å². The quantitative estimate of drug-likeness (QED) is 0.201. The summed E-state index contributed by atoms with van der Waals surface area (Å²) in [6.07, 6.45) is 1.91. The number of hydrogen-bond acceptors (Lipinski definition) is 6. The van der Waals surface area contributed by atoms with Crippen LogP contribution in [0.25, 0.3) is 42.2 Å². The Hall–Kier alpha value is -4.39. The Kier molecular flexibility index (Phi) is 5.28. The number of anilines is 3. The van der Waals surface area contributed by atoms with Gasteiger partial charge in [-0.05, 0) is 70.3 Å². The summed E-state index contributed by atoms with van der Waals surface area (Å²) in [5.41, 5.74) is 5.70. The predicted molar refractivity (Wildman–Crippen MR) is 185 cm³/mol. The molecule has 4 aromatic carbocycles. The highest BCUT2D eigenvalue weighted by atomic mass is 32.1. The average molecular weight is 601 g/mol. The maximum atomic E-state index is 8.08. The molecule has 0 fully saturated rings. The van der Waals surface area contributed by atoms with Crippen molar-refractivity contribution in [2.24, 2.45) is 0 Å². The second-order valence-electron chi connectivity index (χ2n) is 12.0. The molecule has 4 heterocycles. The van der Waals surface area contributed by atoms with Gasteiger partial charge in [0.05, 0.1) is 23.7 Å². The van der Waals surface area contributed by atoms with Gasteiger partial charge < -0.3 is 14.5 Å². The van der Waals surface area contributed by atoms with E-state index in [2.05, 4.69) is 68.6 Å². The number of ether oxygens (including phenoxy) is 1. The number of pyridine rings is 1. The van der Waals surface area contributed by atoms with Crippen LogP contribution < -0.4 is 14.5 Å². The highest BCUT2D eigenvalue weighted by Crippen LogP contribution is 2.47. The molecule has 0 aliphatic carbocycles. The fourth-order valence-corrected chi connectivity index (χ4v) is 7.96. The van der Waals surface area contributed by atoms with E-state index < -0.39 is 6.98 Å². The van der Waals surface area contributed by atoms with Crippen LogP contribution >= 0.6 is 22.7 Å². The van der Waals surface area contributed by atoms with Crippen molar-refractivity contribution in [3.63, 3.8) is 0 Å². The highest BCUT2D eigenvalue weighted by Gasteiger charge is 2.24. The first-order valence-corrected chi connectivity index (χ1v) is 16.0. The molecule has 0 amide bonds. The van der Waals surface area contributed by atoms with Gasteiger partial charge >= 0.3 is 0 Å². The van der Waals surface area contributed by atoms with E-state index in [0.717, 1.165) is 33.1 Å². The van der Waals surface area contributed by atoms with Gasteiger partial charge in [0.15, 0.2) is 5.06 Å². The minimum Gasteiger partial charge on any atom is -0.447 e. The molecule has 1 aliphatic heterocycles. The summed E-state index contributed by atoms with van der Waals surface area (Å²) in [6.45, 7) is 4.66. The third-order valence-electron chi connectivity index (χ3n) is 8.19. The van der Waals surface area contributed by atoms with Crippen molar-refractivity contribution < 1.29 is 8.85 Å². The minimum atomic E-state index is -2.24. The summed E-state index contributed by atoms with van der Waals surface area (Å²) in [7, 11) is 0. The van der Waals surface area contributed by atoms with Crippen LogP contribution in [0.3, 0.4) is 0 Å². The summed E-state index contributed by atoms with van der Waals surface area (Å²) in [5.74, 6) is 0.688. The van der Waals surface area contributed by atoms with Gasteiger partial charge in [0, 0.05) is 66.2 Å². The average Bonchev–Trinajstić information content (AvgIpc) is 3.77. The molecule has 43 heavy (non-hydrogen) atoms. The molecule has 8 rings (SSSR count). The topological polar surface area (TPSA) is 28.6 Å². The Labute approximate surface area is 263 Å². The summed E-state index contributed by atoms with van der Waals surface area (Å²) in [5, 5.41) is 7.71. The van der Waals surface area contributed by atoms with Crippen LogP contribution in [-0.2, 0) is 5.41 Å². The fraction of sp³-hybridized carbons (Fsp3) is 0.162. The smallest absolute Gasteiger partial charge is 0.182 e. The van der Waals surface area contributed by atoms with Crippen molar-refractivity contribution in [2.75, 3.05) is 23.4 Å². The second kappa shape index (κ2) is 9.83. The lowest BCUT2D eigenvalue weighted by molar-refractivity contribution is 0.497. The van der Waals surface area contributed by atoms with E-state index in [1.54, 1.807) is 22.7 Å². The molecule has 0 saturated carbocycles. The van der Waals surface area contributed by atoms with Gasteiger partial charge in [0.25, 0.3) is 0 Å². The molecule has 1 aliphatic rings. The summed E-state index contributed by atoms with van der Waals surface area (Å²) in [6, 6.07) is 30.8. The molecule has 212 valence electrons. The zero-order chi connectivity index (χ0) is 31.8. The number of fused-ring (bicyclic) bond motifs is 6. The lowest BCUT2D eigenvalue weighted by Gasteiger charge is -2.20. The SMILES string of the molecule is [2H]C([2H])([2H])N1CN(c2cccc(Oc3cc4c(-c5cc(C(C)(C)C)ccn5)cc5c(ccc6ccsc65)c4s3)c2)c2ccccc21. The molecule has 0 N–H and O–H groups in total. The molecule has 0 spiro atoms. The fourth-order valence-electron chi connectivity index (χ4n) is 5.96. The van der Waals surface area contributed by atoms with Gasteiger partial charge in [-0.15, -0.1) is 11.3 Å². The van der Waals surface area contributed by atoms with Crippen LogP contribution in [0.15, 0.2) is 103 Å². The van der Waals surface area contributed by atoms with E-state index in [-0.39, 0.29) is 12.1 Å². The molecule has 0 bridgehead atoms. The van der Waals surface area contributed by atoms with E-state index >= 15 is 0 Å². The van der Waals surface area contributed by atoms with Gasteiger partial charge in [-0.25, -0.2) is 0 Å². The van der Waals surface area contributed by atoms with Crippen molar-refractivity contribution in [3.8, 4) is 22.1 Å². The van der Waals surface area contributed by atoms with Crippen molar-refractivity contribution in [1.82, 2.24) is 4.98 Å². The monoisotopic (exact) mass is 600 g/mol. The predicted octanol–water partition coefficient (Wildman–Crippen LogP) is 11.0. The maximum absolute atomic E-state index is 8.08. The van der Waals surface area contributed by atoms with Crippen LogP contribution in [0.5, 0.6) is 10.8 Å². The standard InChI is InChI=1S/C37H31N3OS2/c1-37(2,3)24-14-16-38-31(18-24)28-20-29-27(13-12-23-15-17-42-35(23)29)36-30(28)21-34(43-36)41-26-9-7-8-25(19-26)40-22-39(4)32-10-5-6-11-33(32)40/h5-21H,22H2,1-4H3/i4D3. The first-order valence-electron chi connectivity index (χ1n) is 15.8. The Morgan fingerprint density at radius 2 is 1.72 bits per heavy atom. The molecule has 4 nitrogen and oxygen atoms in total. The number of hydrogen-bond donors (Lipinski definition) is 0. The molecule has 0 saturated heterocycles. The molecule has 0 atom stereocenters. The lowest BCUT2D eigenvalue weighted by Crippen LogP contribution is -2.23. The normalized spacial score (nSPS) is 14.7. The van der Waals surface area contributed by atoms with Crippen LogP contribution in [0.4, 0.5) is 17.1 Å². The molecule has 0 unspecified atom stereocenters. The van der Waals surface area contributed by atoms with Gasteiger partial charge in [0.1, 0.15) is 5.75 Å². The Bertz CT molecular complexity index is 2280. The lowest BCUT2D eigenvalue weighted by atomic mass is 9.86. The van der Waals surface area contributed by atoms with Gasteiger partial charge in [-0.1, -0.05) is 62.4 Å². The Morgan fingerprint density at radius 1 is 0.837 bits per heavy atom. The van der Waals surface area contributed by atoms with Crippen molar-refractivity contribution in [1.29, 1.82) is 0 Å². The van der Waals surface area contributed by atoms with E-state index in [4.69, 9.17) is 13.8 Å². The summed E-state index contributed by atoms with van der Waals surface area (Å²) in [4.78, 5) is 8.34. The van der Waals surface area contributed by atoms with Gasteiger partial charge in [0.2, 0.25) is 0 Å². The molecular formula is C37H31N3OS2. The zero-order valence-electron chi connectivity index (χ0n) is 27.1. The van der Waals surface area contributed by atoms with E-state index in [9.17, 15) is 0 Å². The van der Waals surface area contributed by atoms with E-state index in [0.29, 0.717) is 11.4 Å². The number of thiophene rings is 2. The van der Waals surface area contributed by atoms with Gasteiger partial charge in [-0.3, -0.25) is 4.98 Å². The van der Waals surface area contributed by atoms with Crippen molar-refractivity contribution >= 4 is 70.7 Å². The zero-order valence-corrected chi connectivity index (χ0v) is 25.7. The Morgan fingerprint density at radius 3 is 2.58 bits per heavy atom. The number of rotatable bonds is 4. The first-order chi connectivity index (χ1) is 22.0. The van der Waals surface area contributed by atoms with Crippen molar-refractivity contribution in [2.45, 2.75) is 26.2 Å². The van der Waals surface area contributed by atoms with Crippen molar-refractivity contribution in [3.05, 3.63) is 108 Å². The minimum absolute atomic E-state index is 0.00101. The third-order valence-corrected chi connectivity index (χ3v) is 10.2. The summed E-state index contributed by atoms with van der Waals surface area (Å²) >= 11 is 3.41. The number of aromatic nitrogens is 1. The number of benzene rings is 4. The first kappa shape index (κ1) is 23.1. The number of nitrogens with zero attached hydrogens (tertiary/aromatic N) is 3. The van der Waals surface area contributed by atoms with Crippen LogP contribution in [0.2, 0.25) is 0 Å². The van der Waals surface area contributed by atoms with E-state index in [1.807, 2.05) is 59.6 Å². The number of para-hydroxylation sites is 2. The molecule has 0 radical (unpaired) electrons. The second-order valence-corrected chi connectivity index (χ2v) is 13.9. The molecular weight excluding hydrogens is 567 g/mol. The van der Waals surface area contributed by atoms with Crippen LogP contribution in [0.1, 0.15) is 30.4 Å². The molecule has 3 aromatic heterocycles. The maximum Gasteiger partial charge on any atom is 0.182 e. The molecule has 6 heteroatoms. The summed E-state index contributed by atoms with van der Waals surface area (Å²) < 4.78 is 33.2. The van der Waals surface area contributed by atoms with Crippen LogP contribution in [0, 0.1) is 0 Å². The Balaban J connectivity index is 1.23.